The Bertz CT molecular complexity index is 433. The van der Waals surface area contributed by atoms with Crippen LogP contribution in [0.3, 0.4) is 0 Å². The van der Waals surface area contributed by atoms with Crippen LogP contribution in [-0.4, -0.2) is 16.3 Å². The van der Waals surface area contributed by atoms with Crippen molar-refractivity contribution in [2.45, 2.75) is 0 Å². The Morgan fingerprint density at radius 1 is 1.58 bits per heavy atom. The summed E-state index contributed by atoms with van der Waals surface area (Å²) in [4.78, 5) is 17.3. The Morgan fingerprint density at radius 3 is 3.17 bits per heavy atom. The fourth-order valence-electron chi connectivity index (χ4n) is 1.20. The van der Waals surface area contributed by atoms with Crippen LogP contribution >= 0.6 is 0 Å². The predicted molar refractivity (Wildman–Crippen MR) is 45.9 cm³/mol. The van der Waals surface area contributed by atoms with Crippen LogP contribution in [0.4, 0.5) is 5.82 Å². The number of aromatic nitrogens is 2. The third kappa shape index (κ3) is 0.780. The van der Waals surface area contributed by atoms with Gasteiger partial charge in [0.05, 0.1) is 5.52 Å². The van der Waals surface area contributed by atoms with Crippen molar-refractivity contribution in [2.24, 2.45) is 0 Å². The molecule has 0 aliphatic carbocycles. The maximum atomic E-state index is 10.5. The maximum Gasteiger partial charge on any atom is 0.152 e. The monoisotopic (exact) mass is 161 g/mol. The van der Waals surface area contributed by atoms with Gasteiger partial charge in [0.25, 0.3) is 0 Å². The fourth-order valence-corrected chi connectivity index (χ4v) is 1.20. The number of nitrogens with zero attached hydrogens (tertiary/aromatic N) is 1. The second-order valence-electron chi connectivity index (χ2n) is 2.48. The third-order valence-electron chi connectivity index (χ3n) is 1.79. The zero-order valence-corrected chi connectivity index (χ0v) is 6.24. The number of aromatic amines is 1. The summed E-state index contributed by atoms with van der Waals surface area (Å²) in [6, 6.07) is 1.76. The number of carbonyl (C=O) groups is 1. The summed E-state index contributed by atoms with van der Waals surface area (Å²) in [5.41, 5.74) is 6.90. The fraction of sp³-hybridized carbons (Fsp3) is 0. The number of H-pyrrole nitrogens is 1. The molecule has 2 aromatic heterocycles. The molecule has 12 heavy (non-hydrogen) atoms. The lowest BCUT2D eigenvalue weighted by Gasteiger charge is -1.92. The van der Waals surface area contributed by atoms with Gasteiger partial charge < -0.3 is 10.7 Å². The molecule has 0 amide bonds. The molecule has 0 fully saturated rings. The normalized spacial score (nSPS) is 10.3. The summed E-state index contributed by atoms with van der Waals surface area (Å²) in [5.74, 6) is 0.417. The Morgan fingerprint density at radius 2 is 2.42 bits per heavy atom. The van der Waals surface area contributed by atoms with E-state index in [1.165, 1.54) is 0 Å². The van der Waals surface area contributed by atoms with Gasteiger partial charge in [-0.3, -0.25) is 4.79 Å². The summed E-state index contributed by atoms with van der Waals surface area (Å²) < 4.78 is 0. The zero-order valence-electron chi connectivity index (χ0n) is 6.24. The van der Waals surface area contributed by atoms with Crippen molar-refractivity contribution in [1.82, 2.24) is 9.97 Å². The van der Waals surface area contributed by atoms with Crippen molar-refractivity contribution < 1.29 is 4.79 Å². The van der Waals surface area contributed by atoms with Gasteiger partial charge in [-0.25, -0.2) is 4.98 Å². The second-order valence-corrected chi connectivity index (χ2v) is 2.48. The Balaban J connectivity index is 2.88. The molecule has 4 heteroatoms. The molecule has 2 rings (SSSR count). The molecule has 0 spiro atoms. The van der Waals surface area contributed by atoms with E-state index in [2.05, 4.69) is 9.97 Å². The minimum atomic E-state index is 0.417. The quantitative estimate of drug-likeness (QED) is 0.612. The molecule has 0 radical (unpaired) electrons. The molecule has 0 saturated carbocycles. The van der Waals surface area contributed by atoms with Gasteiger partial charge in [0.15, 0.2) is 6.29 Å². The summed E-state index contributed by atoms with van der Waals surface area (Å²) in [6.45, 7) is 0. The van der Waals surface area contributed by atoms with Crippen LogP contribution in [0.15, 0.2) is 18.5 Å². The Kier molecular flexibility index (Phi) is 1.33. The van der Waals surface area contributed by atoms with Gasteiger partial charge in [0.2, 0.25) is 0 Å². The van der Waals surface area contributed by atoms with Crippen molar-refractivity contribution in [3.8, 4) is 0 Å². The third-order valence-corrected chi connectivity index (χ3v) is 1.79. The molecule has 3 N–H and O–H groups in total. The van der Waals surface area contributed by atoms with E-state index in [-0.39, 0.29) is 0 Å². The van der Waals surface area contributed by atoms with Gasteiger partial charge in [-0.2, -0.15) is 0 Å². The second kappa shape index (κ2) is 2.34. The molecule has 2 aromatic rings. The van der Waals surface area contributed by atoms with Crippen molar-refractivity contribution >= 4 is 23.0 Å². The average Bonchev–Trinajstić information content (AvgIpc) is 2.49. The summed E-state index contributed by atoms with van der Waals surface area (Å²) in [5, 5.41) is 0.817. The van der Waals surface area contributed by atoms with E-state index < -0.39 is 0 Å². The first-order chi connectivity index (χ1) is 5.83. The smallest absolute Gasteiger partial charge is 0.152 e. The standard InChI is InChI=1S/C8H7N3O/c9-8-7-6(1-2-10-8)5(4-12)3-11-7/h1-4,11H,(H2,9,10). The zero-order chi connectivity index (χ0) is 8.55. The molecule has 0 bridgehead atoms. The van der Waals surface area contributed by atoms with Gasteiger partial charge in [0, 0.05) is 23.3 Å². The number of carbonyl (C=O) groups excluding carboxylic acids is 1. The summed E-state index contributed by atoms with van der Waals surface area (Å²) >= 11 is 0. The number of nitrogens with two attached hydrogens (primary N) is 1. The molecular formula is C8H7N3O. The van der Waals surface area contributed by atoms with E-state index in [4.69, 9.17) is 5.73 Å². The minimum Gasteiger partial charge on any atom is -0.382 e. The first-order valence-corrected chi connectivity index (χ1v) is 3.49. The SMILES string of the molecule is Nc1nccc2c(C=O)c[nH]c12. The van der Waals surface area contributed by atoms with E-state index in [0.717, 1.165) is 17.2 Å². The summed E-state index contributed by atoms with van der Waals surface area (Å²) in [7, 11) is 0. The van der Waals surface area contributed by atoms with Crippen LogP contribution in [0.25, 0.3) is 10.9 Å². The maximum absolute atomic E-state index is 10.5. The minimum absolute atomic E-state index is 0.417. The van der Waals surface area contributed by atoms with E-state index >= 15 is 0 Å². The van der Waals surface area contributed by atoms with Crippen molar-refractivity contribution in [3.63, 3.8) is 0 Å². The van der Waals surface area contributed by atoms with Crippen molar-refractivity contribution in [1.29, 1.82) is 0 Å². The summed E-state index contributed by atoms with van der Waals surface area (Å²) in [6.07, 6.45) is 3.99. The topological polar surface area (TPSA) is 71.8 Å². The Labute approximate surface area is 68.4 Å². The molecule has 0 aromatic carbocycles. The molecule has 0 aliphatic rings. The van der Waals surface area contributed by atoms with E-state index in [1.54, 1.807) is 18.5 Å². The molecule has 4 nitrogen and oxygen atoms in total. The van der Waals surface area contributed by atoms with E-state index in [1.807, 2.05) is 0 Å². The number of hydrogen-bond donors (Lipinski definition) is 2. The van der Waals surface area contributed by atoms with E-state index in [0.29, 0.717) is 11.4 Å². The van der Waals surface area contributed by atoms with Gasteiger partial charge in [-0.05, 0) is 6.07 Å². The average molecular weight is 161 g/mol. The lowest BCUT2D eigenvalue weighted by Crippen LogP contribution is -1.89. The van der Waals surface area contributed by atoms with Gasteiger partial charge in [0.1, 0.15) is 5.82 Å². The predicted octanol–water partition coefficient (Wildman–Crippen LogP) is 0.958. The number of fused-ring (bicyclic) bond motifs is 1. The van der Waals surface area contributed by atoms with Gasteiger partial charge >= 0.3 is 0 Å². The molecule has 60 valence electrons. The van der Waals surface area contributed by atoms with Crippen LogP contribution < -0.4 is 5.73 Å². The number of rotatable bonds is 1. The van der Waals surface area contributed by atoms with Crippen molar-refractivity contribution in [2.75, 3.05) is 5.73 Å². The molecular weight excluding hydrogens is 154 g/mol. The number of nitrogens with one attached hydrogen (secondary N) is 1. The Hall–Kier alpha value is -1.84. The number of nitrogen functional groups attached to an aromatic ring is 1. The largest absolute Gasteiger partial charge is 0.382 e. The van der Waals surface area contributed by atoms with Crippen LogP contribution in [0.5, 0.6) is 0 Å². The van der Waals surface area contributed by atoms with Crippen LogP contribution in [0, 0.1) is 0 Å². The molecule has 0 saturated heterocycles. The van der Waals surface area contributed by atoms with Crippen LogP contribution in [-0.2, 0) is 0 Å². The molecule has 0 atom stereocenters. The number of pyridine rings is 1. The molecule has 0 unspecified atom stereocenters. The van der Waals surface area contributed by atoms with Gasteiger partial charge in [-0.15, -0.1) is 0 Å². The number of anilines is 1. The highest BCUT2D eigenvalue weighted by Gasteiger charge is 2.04. The van der Waals surface area contributed by atoms with Crippen LogP contribution in [0.1, 0.15) is 10.4 Å². The number of hydrogen-bond acceptors (Lipinski definition) is 3. The van der Waals surface area contributed by atoms with Gasteiger partial charge in [-0.1, -0.05) is 0 Å². The lowest BCUT2D eigenvalue weighted by atomic mass is 10.2. The highest BCUT2D eigenvalue weighted by Crippen LogP contribution is 2.19. The van der Waals surface area contributed by atoms with Crippen molar-refractivity contribution in [3.05, 3.63) is 24.0 Å². The highest BCUT2D eigenvalue weighted by molar-refractivity contribution is 6.00. The molecule has 0 aliphatic heterocycles. The lowest BCUT2D eigenvalue weighted by molar-refractivity contribution is 0.112. The van der Waals surface area contributed by atoms with Crippen LogP contribution in [0.2, 0.25) is 0 Å². The molecule has 2 heterocycles. The first kappa shape index (κ1) is 6.84. The number of aldehydes is 1. The first-order valence-electron chi connectivity index (χ1n) is 3.49. The van der Waals surface area contributed by atoms with E-state index in [9.17, 15) is 4.79 Å². The highest BCUT2D eigenvalue weighted by atomic mass is 16.1.